The van der Waals surface area contributed by atoms with Crippen LogP contribution in [0.1, 0.15) is 25.3 Å². The summed E-state index contributed by atoms with van der Waals surface area (Å²) in [6.45, 7) is 3.65. The van der Waals surface area contributed by atoms with Crippen molar-refractivity contribution in [3.8, 4) is 0 Å². The summed E-state index contributed by atoms with van der Waals surface area (Å²) >= 11 is 0. The molecule has 0 aliphatic carbocycles. The molecule has 2 N–H and O–H groups in total. The lowest BCUT2D eigenvalue weighted by atomic mass is 9.79. The SMILES string of the molecule is Cc1cc(S(=O)(=O)N2CCC([C@@]3(C)NC(=O)NC3=O)CC2)ccc1F. The average Bonchev–Trinajstić information content (AvgIpc) is 2.83. The fourth-order valence-corrected chi connectivity index (χ4v) is 5.00. The van der Waals surface area contributed by atoms with Gasteiger partial charge >= 0.3 is 6.03 Å². The predicted molar refractivity (Wildman–Crippen MR) is 87.7 cm³/mol. The zero-order valence-corrected chi connectivity index (χ0v) is 14.8. The minimum Gasteiger partial charge on any atom is -0.323 e. The van der Waals surface area contributed by atoms with Gasteiger partial charge in [0.1, 0.15) is 11.4 Å². The smallest absolute Gasteiger partial charge is 0.322 e. The van der Waals surface area contributed by atoms with Crippen molar-refractivity contribution in [2.24, 2.45) is 5.92 Å². The Morgan fingerprint density at radius 1 is 1.24 bits per heavy atom. The molecule has 136 valence electrons. The van der Waals surface area contributed by atoms with Crippen LogP contribution in [0.2, 0.25) is 0 Å². The number of carbonyl (C=O) groups is 2. The number of urea groups is 1. The first-order valence-corrected chi connectivity index (χ1v) is 9.48. The summed E-state index contributed by atoms with van der Waals surface area (Å²) in [5.41, 5.74) is -0.742. The maximum atomic E-state index is 13.4. The van der Waals surface area contributed by atoms with Crippen molar-refractivity contribution >= 4 is 22.0 Å². The number of aryl methyl sites for hydroxylation is 1. The van der Waals surface area contributed by atoms with E-state index < -0.39 is 27.4 Å². The molecule has 3 amide bonds. The maximum absolute atomic E-state index is 13.4. The number of carbonyl (C=O) groups excluding carboxylic acids is 2. The lowest BCUT2D eigenvalue weighted by molar-refractivity contribution is -0.125. The molecule has 1 aromatic carbocycles. The van der Waals surface area contributed by atoms with Crippen LogP contribution < -0.4 is 10.6 Å². The predicted octanol–water partition coefficient (Wildman–Crippen LogP) is 1.13. The number of amides is 3. The molecule has 2 heterocycles. The van der Waals surface area contributed by atoms with Crippen molar-refractivity contribution in [3.05, 3.63) is 29.6 Å². The second kappa shape index (κ2) is 6.06. The Balaban J connectivity index is 1.74. The van der Waals surface area contributed by atoms with Gasteiger partial charge in [-0.05, 0) is 56.4 Å². The standard InChI is InChI=1S/C16H20FN3O4S/c1-10-9-12(3-4-13(10)17)25(23,24)20-7-5-11(6-8-20)16(2)14(21)18-15(22)19-16/h3-4,9,11H,5-8H2,1-2H3,(H2,18,19,21,22)/t16-/m1/s1. The van der Waals surface area contributed by atoms with E-state index in [0.717, 1.165) is 6.07 Å². The first kappa shape index (κ1) is 17.8. The molecule has 0 saturated carbocycles. The molecule has 1 aromatic rings. The number of rotatable bonds is 3. The van der Waals surface area contributed by atoms with Crippen LogP contribution in [0.4, 0.5) is 9.18 Å². The highest BCUT2D eigenvalue weighted by atomic mass is 32.2. The Morgan fingerprint density at radius 2 is 1.88 bits per heavy atom. The molecule has 7 nitrogen and oxygen atoms in total. The number of halogens is 1. The zero-order valence-electron chi connectivity index (χ0n) is 14.0. The summed E-state index contributed by atoms with van der Waals surface area (Å²) in [5, 5.41) is 4.87. The molecule has 2 aliphatic rings. The summed E-state index contributed by atoms with van der Waals surface area (Å²) in [6.07, 6.45) is 0.896. The minimum atomic E-state index is -3.71. The van der Waals surface area contributed by atoms with Gasteiger partial charge in [0.25, 0.3) is 5.91 Å². The molecule has 1 atom stereocenters. The third-order valence-electron chi connectivity index (χ3n) is 5.11. The number of nitrogens with zero attached hydrogens (tertiary/aromatic N) is 1. The largest absolute Gasteiger partial charge is 0.323 e. The van der Waals surface area contributed by atoms with Crippen LogP contribution in [0, 0.1) is 18.7 Å². The Morgan fingerprint density at radius 3 is 2.40 bits per heavy atom. The number of hydrogen-bond donors (Lipinski definition) is 2. The molecule has 2 fully saturated rings. The van der Waals surface area contributed by atoms with Crippen LogP contribution in [0.25, 0.3) is 0 Å². The molecule has 2 saturated heterocycles. The average molecular weight is 369 g/mol. The molecule has 0 spiro atoms. The maximum Gasteiger partial charge on any atom is 0.322 e. The molecule has 9 heteroatoms. The van der Waals surface area contributed by atoms with Crippen molar-refractivity contribution in [2.45, 2.75) is 37.1 Å². The number of benzene rings is 1. The van der Waals surface area contributed by atoms with Gasteiger partial charge in [-0.1, -0.05) is 0 Å². The molecule has 0 unspecified atom stereocenters. The Kier molecular flexibility index (Phi) is 4.32. The third-order valence-corrected chi connectivity index (χ3v) is 7.00. The first-order chi connectivity index (χ1) is 11.6. The van der Waals surface area contributed by atoms with E-state index in [0.29, 0.717) is 12.8 Å². The Labute approximate surface area is 145 Å². The highest BCUT2D eigenvalue weighted by Crippen LogP contribution is 2.32. The molecule has 0 aromatic heterocycles. The summed E-state index contributed by atoms with van der Waals surface area (Å²) in [7, 11) is -3.71. The van der Waals surface area contributed by atoms with E-state index in [1.165, 1.54) is 23.4 Å². The Hall–Kier alpha value is -2.00. The van der Waals surface area contributed by atoms with E-state index in [1.54, 1.807) is 6.92 Å². The van der Waals surface area contributed by atoms with Gasteiger partial charge in [0.15, 0.2) is 0 Å². The van der Waals surface area contributed by atoms with Gasteiger partial charge in [-0.15, -0.1) is 0 Å². The number of imide groups is 1. The Bertz CT molecular complexity index is 834. The fraction of sp³-hybridized carbons (Fsp3) is 0.500. The third kappa shape index (κ3) is 3.02. The fourth-order valence-electron chi connectivity index (χ4n) is 3.44. The van der Waals surface area contributed by atoms with Crippen molar-refractivity contribution in [3.63, 3.8) is 0 Å². The minimum absolute atomic E-state index is 0.0583. The lowest BCUT2D eigenvalue weighted by Crippen LogP contribution is -2.54. The first-order valence-electron chi connectivity index (χ1n) is 8.04. The van der Waals surface area contributed by atoms with Gasteiger partial charge < -0.3 is 5.32 Å². The number of hydrogen-bond acceptors (Lipinski definition) is 4. The second-order valence-electron chi connectivity index (χ2n) is 6.70. The van der Waals surface area contributed by atoms with Crippen molar-refractivity contribution < 1.29 is 22.4 Å². The number of nitrogens with one attached hydrogen (secondary N) is 2. The van der Waals surface area contributed by atoms with E-state index in [-0.39, 0.29) is 35.4 Å². The van der Waals surface area contributed by atoms with Crippen LogP contribution in [0.15, 0.2) is 23.1 Å². The molecule has 3 rings (SSSR count). The van der Waals surface area contributed by atoms with Gasteiger partial charge in [0.05, 0.1) is 4.90 Å². The topological polar surface area (TPSA) is 95.6 Å². The van der Waals surface area contributed by atoms with Crippen LogP contribution >= 0.6 is 0 Å². The summed E-state index contributed by atoms with van der Waals surface area (Å²) in [4.78, 5) is 23.5. The summed E-state index contributed by atoms with van der Waals surface area (Å²) in [5.74, 6) is -0.984. The van der Waals surface area contributed by atoms with E-state index in [9.17, 15) is 22.4 Å². The summed E-state index contributed by atoms with van der Waals surface area (Å²) in [6, 6.07) is 3.21. The second-order valence-corrected chi connectivity index (χ2v) is 8.64. The molecule has 2 aliphatic heterocycles. The van der Waals surface area contributed by atoms with E-state index >= 15 is 0 Å². The molecular formula is C16H20FN3O4S. The molecule has 0 bridgehead atoms. The number of sulfonamides is 1. The van der Waals surface area contributed by atoms with E-state index in [4.69, 9.17) is 0 Å². The monoisotopic (exact) mass is 369 g/mol. The van der Waals surface area contributed by atoms with Crippen LogP contribution in [-0.4, -0.2) is 43.3 Å². The number of piperidine rings is 1. The molecule has 25 heavy (non-hydrogen) atoms. The summed E-state index contributed by atoms with van der Waals surface area (Å²) < 4.78 is 40.2. The van der Waals surface area contributed by atoms with Gasteiger partial charge in [-0.3, -0.25) is 10.1 Å². The van der Waals surface area contributed by atoms with Gasteiger partial charge in [-0.2, -0.15) is 4.31 Å². The highest BCUT2D eigenvalue weighted by molar-refractivity contribution is 7.89. The molecular weight excluding hydrogens is 349 g/mol. The van der Waals surface area contributed by atoms with Crippen LogP contribution in [0.3, 0.4) is 0 Å². The zero-order chi connectivity index (χ0) is 18.4. The van der Waals surface area contributed by atoms with Crippen molar-refractivity contribution in [1.82, 2.24) is 14.9 Å². The van der Waals surface area contributed by atoms with E-state index in [2.05, 4.69) is 10.6 Å². The quantitative estimate of drug-likeness (QED) is 0.781. The van der Waals surface area contributed by atoms with Gasteiger partial charge in [-0.25, -0.2) is 17.6 Å². The van der Waals surface area contributed by atoms with E-state index in [1.807, 2.05) is 0 Å². The van der Waals surface area contributed by atoms with Crippen LogP contribution in [-0.2, 0) is 14.8 Å². The molecule has 0 radical (unpaired) electrons. The van der Waals surface area contributed by atoms with Crippen molar-refractivity contribution in [1.29, 1.82) is 0 Å². The van der Waals surface area contributed by atoms with Crippen LogP contribution in [0.5, 0.6) is 0 Å². The van der Waals surface area contributed by atoms with Gasteiger partial charge in [0, 0.05) is 13.1 Å². The highest BCUT2D eigenvalue weighted by Gasteiger charge is 2.49. The normalized spacial score (nSPS) is 25.7. The van der Waals surface area contributed by atoms with Gasteiger partial charge in [0.2, 0.25) is 10.0 Å². The lowest BCUT2D eigenvalue weighted by Gasteiger charge is -2.38. The van der Waals surface area contributed by atoms with Crippen molar-refractivity contribution in [2.75, 3.05) is 13.1 Å².